The molecule has 3 nitrogen and oxygen atoms in total. The van der Waals surface area contributed by atoms with E-state index in [2.05, 4.69) is 10.1 Å². The van der Waals surface area contributed by atoms with Gasteiger partial charge in [-0.1, -0.05) is 12.1 Å². The largest absolute Gasteiger partial charge is 0.573 e. The maximum atomic E-state index is 12.2. The molecule has 0 spiro atoms. The van der Waals surface area contributed by atoms with E-state index in [1.165, 1.54) is 31.0 Å². The Morgan fingerprint density at radius 2 is 2.11 bits per heavy atom. The normalized spacial score (nSPS) is 17.3. The van der Waals surface area contributed by atoms with Gasteiger partial charge in [0.25, 0.3) is 0 Å². The highest BCUT2D eigenvalue weighted by Crippen LogP contribution is 2.29. The lowest BCUT2D eigenvalue weighted by molar-refractivity contribution is -0.274. The lowest BCUT2D eigenvalue weighted by Crippen LogP contribution is -2.29. The molecule has 1 unspecified atom stereocenters. The third kappa shape index (κ3) is 4.72. The number of nitrogens with two attached hydrogens (primary N) is 1. The van der Waals surface area contributed by atoms with E-state index in [0.29, 0.717) is 18.0 Å². The quantitative estimate of drug-likeness (QED) is 0.838. The van der Waals surface area contributed by atoms with E-state index in [-0.39, 0.29) is 11.8 Å². The molecule has 1 aromatic rings. The zero-order valence-corrected chi connectivity index (χ0v) is 10.4. The smallest absolute Gasteiger partial charge is 0.406 e. The molecular weight excluding hydrogens is 257 g/mol. The fourth-order valence-corrected chi connectivity index (χ4v) is 1.90. The Hall–Kier alpha value is -1.27. The molecule has 2 rings (SSSR count). The molecule has 0 heterocycles. The number of hydrogen-bond donors (Lipinski definition) is 2. The third-order valence-corrected chi connectivity index (χ3v) is 3.08. The number of hydrogen-bond acceptors (Lipinski definition) is 3. The van der Waals surface area contributed by atoms with Crippen LogP contribution < -0.4 is 15.8 Å². The number of nitrogens with one attached hydrogen (secondary N) is 1. The number of rotatable bonds is 6. The van der Waals surface area contributed by atoms with Gasteiger partial charge in [-0.25, -0.2) is 0 Å². The molecule has 0 saturated heterocycles. The zero-order valence-electron chi connectivity index (χ0n) is 10.4. The minimum atomic E-state index is -4.67. The Kier molecular flexibility index (Phi) is 4.31. The standard InChI is InChI=1S/C13H17F3N2O/c14-13(15,16)19-11-3-1-2-10(6-11)12(7-17)18-8-9-4-5-9/h1-3,6,9,12,18H,4-5,7-8,17H2. The summed E-state index contributed by atoms with van der Waals surface area (Å²) in [6, 6.07) is 5.81. The minimum absolute atomic E-state index is 0.141. The van der Waals surface area contributed by atoms with Crippen molar-refractivity contribution in [2.45, 2.75) is 25.2 Å². The van der Waals surface area contributed by atoms with Crippen LogP contribution in [-0.4, -0.2) is 19.5 Å². The van der Waals surface area contributed by atoms with Crippen molar-refractivity contribution in [3.63, 3.8) is 0 Å². The van der Waals surface area contributed by atoms with Gasteiger partial charge in [-0.3, -0.25) is 0 Å². The molecule has 1 saturated carbocycles. The maximum Gasteiger partial charge on any atom is 0.573 e. The van der Waals surface area contributed by atoms with E-state index in [9.17, 15) is 13.2 Å². The van der Waals surface area contributed by atoms with Crippen LogP contribution in [0.4, 0.5) is 13.2 Å². The highest BCUT2D eigenvalue weighted by Gasteiger charge is 2.31. The summed E-state index contributed by atoms with van der Waals surface area (Å²) in [4.78, 5) is 0. The molecule has 0 amide bonds. The maximum absolute atomic E-state index is 12.2. The van der Waals surface area contributed by atoms with Gasteiger partial charge < -0.3 is 15.8 Å². The average molecular weight is 274 g/mol. The molecule has 3 N–H and O–H groups in total. The van der Waals surface area contributed by atoms with Crippen LogP contribution in [0.5, 0.6) is 5.75 Å². The molecule has 106 valence electrons. The van der Waals surface area contributed by atoms with Crippen molar-refractivity contribution in [2.24, 2.45) is 11.7 Å². The zero-order chi connectivity index (χ0) is 13.9. The first-order valence-electron chi connectivity index (χ1n) is 6.27. The topological polar surface area (TPSA) is 47.3 Å². The van der Waals surface area contributed by atoms with Crippen LogP contribution in [0.3, 0.4) is 0 Å². The van der Waals surface area contributed by atoms with Crippen molar-refractivity contribution in [3.05, 3.63) is 29.8 Å². The summed E-state index contributed by atoms with van der Waals surface area (Å²) in [6.45, 7) is 1.19. The van der Waals surface area contributed by atoms with Crippen molar-refractivity contribution in [3.8, 4) is 5.75 Å². The molecule has 1 aromatic carbocycles. The molecule has 0 bridgehead atoms. The summed E-state index contributed by atoms with van der Waals surface area (Å²) < 4.78 is 40.4. The predicted octanol–water partition coefficient (Wildman–Crippen LogP) is 2.58. The van der Waals surface area contributed by atoms with Crippen LogP contribution in [0.2, 0.25) is 0 Å². The van der Waals surface area contributed by atoms with Crippen molar-refractivity contribution < 1.29 is 17.9 Å². The lowest BCUT2D eigenvalue weighted by Gasteiger charge is -2.18. The second kappa shape index (κ2) is 5.79. The number of benzene rings is 1. The first-order valence-corrected chi connectivity index (χ1v) is 6.27. The molecule has 1 aliphatic carbocycles. The van der Waals surface area contributed by atoms with Crippen LogP contribution in [0.1, 0.15) is 24.4 Å². The lowest BCUT2D eigenvalue weighted by atomic mass is 10.1. The summed E-state index contributed by atoms with van der Waals surface area (Å²) in [7, 11) is 0. The Morgan fingerprint density at radius 1 is 1.37 bits per heavy atom. The second-order valence-corrected chi connectivity index (χ2v) is 4.76. The van der Waals surface area contributed by atoms with Crippen molar-refractivity contribution in [1.82, 2.24) is 5.32 Å². The number of alkyl halides is 3. The highest BCUT2D eigenvalue weighted by molar-refractivity contribution is 5.31. The third-order valence-electron chi connectivity index (χ3n) is 3.08. The van der Waals surface area contributed by atoms with E-state index in [1.54, 1.807) is 6.07 Å². The molecule has 1 fully saturated rings. The Balaban J connectivity index is 2.02. The molecule has 0 aliphatic heterocycles. The van der Waals surface area contributed by atoms with Gasteiger partial charge >= 0.3 is 6.36 Å². The summed E-state index contributed by atoms with van der Waals surface area (Å²) in [5.74, 6) is 0.473. The highest BCUT2D eigenvalue weighted by atomic mass is 19.4. The van der Waals surface area contributed by atoms with E-state index >= 15 is 0 Å². The fourth-order valence-electron chi connectivity index (χ4n) is 1.90. The monoisotopic (exact) mass is 274 g/mol. The Morgan fingerprint density at radius 3 is 2.68 bits per heavy atom. The Bertz CT molecular complexity index is 419. The summed E-state index contributed by atoms with van der Waals surface area (Å²) in [5.41, 5.74) is 6.38. The molecule has 19 heavy (non-hydrogen) atoms. The minimum Gasteiger partial charge on any atom is -0.406 e. The van der Waals surface area contributed by atoms with Gasteiger partial charge in [0.15, 0.2) is 0 Å². The summed E-state index contributed by atoms with van der Waals surface area (Å²) >= 11 is 0. The van der Waals surface area contributed by atoms with Crippen molar-refractivity contribution in [1.29, 1.82) is 0 Å². The van der Waals surface area contributed by atoms with Gasteiger partial charge in [0, 0.05) is 12.6 Å². The SMILES string of the molecule is NCC(NCC1CC1)c1cccc(OC(F)(F)F)c1. The average Bonchev–Trinajstić information content (AvgIpc) is 3.12. The molecular formula is C13H17F3N2O. The molecule has 1 aliphatic rings. The van der Waals surface area contributed by atoms with Crippen LogP contribution >= 0.6 is 0 Å². The van der Waals surface area contributed by atoms with Crippen LogP contribution in [0.25, 0.3) is 0 Å². The number of ether oxygens (including phenoxy) is 1. The van der Waals surface area contributed by atoms with Crippen LogP contribution in [0, 0.1) is 5.92 Å². The molecule has 1 atom stereocenters. The van der Waals surface area contributed by atoms with Gasteiger partial charge in [0.2, 0.25) is 0 Å². The van der Waals surface area contributed by atoms with E-state index in [1.807, 2.05) is 0 Å². The first-order chi connectivity index (χ1) is 8.98. The van der Waals surface area contributed by atoms with Gasteiger partial charge in [0.05, 0.1) is 0 Å². The number of halogens is 3. The van der Waals surface area contributed by atoms with Crippen LogP contribution in [0.15, 0.2) is 24.3 Å². The molecule has 0 aromatic heterocycles. The van der Waals surface area contributed by atoms with Gasteiger partial charge in [-0.05, 0) is 43.0 Å². The predicted molar refractivity (Wildman–Crippen MR) is 65.6 cm³/mol. The van der Waals surface area contributed by atoms with Crippen molar-refractivity contribution >= 4 is 0 Å². The first kappa shape index (κ1) is 14.1. The Labute approximate surface area is 109 Å². The van der Waals surface area contributed by atoms with Gasteiger partial charge in [-0.2, -0.15) is 0 Å². The summed E-state index contributed by atoms with van der Waals surface area (Å²) in [5, 5.41) is 3.28. The van der Waals surface area contributed by atoms with Gasteiger partial charge in [0.1, 0.15) is 5.75 Å². The summed E-state index contributed by atoms with van der Waals surface area (Å²) in [6.07, 6.45) is -2.25. The van der Waals surface area contributed by atoms with E-state index in [4.69, 9.17) is 5.73 Å². The molecule has 6 heteroatoms. The molecule has 0 radical (unpaired) electrons. The van der Waals surface area contributed by atoms with E-state index in [0.717, 1.165) is 6.54 Å². The van der Waals surface area contributed by atoms with E-state index < -0.39 is 6.36 Å². The van der Waals surface area contributed by atoms with Gasteiger partial charge in [-0.15, -0.1) is 13.2 Å². The van der Waals surface area contributed by atoms with Crippen molar-refractivity contribution in [2.75, 3.05) is 13.1 Å². The van der Waals surface area contributed by atoms with Crippen LogP contribution in [-0.2, 0) is 0 Å². The second-order valence-electron chi connectivity index (χ2n) is 4.76. The fraction of sp³-hybridized carbons (Fsp3) is 0.538.